The summed E-state index contributed by atoms with van der Waals surface area (Å²) in [6.07, 6.45) is 8.48. The number of benzene rings is 2. The van der Waals surface area contributed by atoms with E-state index in [1.165, 1.54) is 53.3 Å². The highest BCUT2D eigenvalue weighted by Gasteiger charge is 2.36. The summed E-state index contributed by atoms with van der Waals surface area (Å²) >= 11 is 0. The molecule has 0 spiro atoms. The Morgan fingerprint density at radius 1 is 1.16 bits per heavy atom. The number of piperidine rings is 1. The fraction of sp³-hybridized carbons (Fsp3) is 0.444. The van der Waals surface area contributed by atoms with Crippen molar-refractivity contribution >= 4 is 16.9 Å². The molecule has 2 aliphatic rings. The van der Waals surface area contributed by atoms with Crippen molar-refractivity contribution < 1.29 is 14.6 Å². The second-order valence-corrected chi connectivity index (χ2v) is 9.53. The zero-order chi connectivity index (χ0) is 22.2. The minimum Gasteiger partial charge on any atom is -0.496 e. The van der Waals surface area contributed by atoms with Gasteiger partial charge in [0.2, 0.25) is 0 Å². The van der Waals surface area contributed by atoms with Crippen molar-refractivity contribution in [2.24, 2.45) is 11.8 Å². The second-order valence-electron chi connectivity index (χ2n) is 9.53. The number of carbonyl (C=O) groups is 1. The number of ether oxygens (including phenoxy) is 1. The van der Waals surface area contributed by atoms with Gasteiger partial charge >= 0.3 is 5.97 Å². The average Bonchev–Trinajstić information content (AvgIpc) is 3.26. The molecule has 2 fully saturated rings. The Hall–Kier alpha value is -2.79. The molecule has 1 saturated carbocycles. The number of rotatable bonds is 6. The van der Waals surface area contributed by atoms with Crippen LogP contribution < -0.4 is 4.74 Å². The molecule has 1 aliphatic carbocycles. The van der Waals surface area contributed by atoms with Crippen LogP contribution in [-0.4, -0.2) is 34.6 Å². The molecule has 168 valence electrons. The van der Waals surface area contributed by atoms with Crippen molar-refractivity contribution in [2.75, 3.05) is 13.7 Å². The van der Waals surface area contributed by atoms with Crippen LogP contribution in [0.5, 0.6) is 5.75 Å². The summed E-state index contributed by atoms with van der Waals surface area (Å²) in [5.41, 5.74) is 5.16. The molecule has 2 N–H and O–H groups in total. The normalized spacial score (nSPS) is 22.1. The molecule has 5 heteroatoms. The quantitative estimate of drug-likeness (QED) is 0.506. The van der Waals surface area contributed by atoms with Gasteiger partial charge in [0, 0.05) is 35.2 Å². The molecule has 0 amide bonds. The zero-order valence-corrected chi connectivity index (χ0v) is 18.9. The molecule has 2 unspecified atom stereocenters. The smallest absolute Gasteiger partial charge is 0.335 e. The molecule has 5 nitrogen and oxygen atoms in total. The molecule has 2 heterocycles. The van der Waals surface area contributed by atoms with E-state index in [9.17, 15) is 9.90 Å². The minimum atomic E-state index is -0.872. The van der Waals surface area contributed by atoms with Gasteiger partial charge in [0.15, 0.2) is 0 Å². The summed E-state index contributed by atoms with van der Waals surface area (Å²) in [6.45, 7) is 3.98. The van der Waals surface area contributed by atoms with Gasteiger partial charge in [0.25, 0.3) is 0 Å². The Labute approximate surface area is 189 Å². The molecule has 1 aliphatic heterocycles. The van der Waals surface area contributed by atoms with Crippen molar-refractivity contribution in [3.8, 4) is 5.75 Å². The number of likely N-dealkylation sites (tertiary alicyclic amines) is 1. The van der Waals surface area contributed by atoms with Crippen LogP contribution in [0.4, 0.5) is 0 Å². The van der Waals surface area contributed by atoms with Gasteiger partial charge in [-0.2, -0.15) is 0 Å². The van der Waals surface area contributed by atoms with Crippen molar-refractivity contribution in [1.82, 2.24) is 9.88 Å². The number of methoxy groups -OCH3 is 1. The van der Waals surface area contributed by atoms with E-state index in [0.29, 0.717) is 5.56 Å². The molecule has 2 atom stereocenters. The van der Waals surface area contributed by atoms with E-state index in [1.807, 2.05) is 18.3 Å². The Bertz CT molecular complexity index is 1110. The number of carboxylic acids is 1. The Morgan fingerprint density at radius 3 is 2.59 bits per heavy atom. The van der Waals surface area contributed by atoms with E-state index in [1.54, 1.807) is 19.2 Å². The predicted octanol–water partition coefficient (Wildman–Crippen LogP) is 5.94. The maximum atomic E-state index is 11.4. The number of aromatic carboxylic acids is 1. The topological polar surface area (TPSA) is 65.6 Å². The Balaban J connectivity index is 1.49. The lowest BCUT2D eigenvalue weighted by atomic mass is 9.70. The van der Waals surface area contributed by atoms with Crippen molar-refractivity contribution in [2.45, 2.75) is 51.6 Å². The first kappa shape index (κ1) is 21.1. The molecule has 3 aromatic rings. The first-order chi connectivity index (χ1) is 15.5. The van der Waals surface area contributed by atoms with Gasteiger partial charge in [-0.1, -0.05) is 31.4 Å². The minimum absolute atomic E-state index is 0.289. The number of hydrogen-bond donors (Lipinski definition) is 2. The average molecular weight is 433 g/mol. The van der Waals surface area contributed by atoms with Crippen molar-refractivity contribution in [1.29, 1.82) is 0 Å². The monoisotopic (exact) mass is 432 g/mol. The van der Waals surface area contributed by atoms with Crippen LogP contribution in [0.3, 0.4) is 0 Å². The number of aromatic nitrogens is 1. The van der Waals surface area contributed by atoms with Gasteiger partial charge in [-0.15, -0.1) is 0 Å². The first-order valence-electron chi connectivity index (χ1n) is 11.8. The van der Waals surface area contributed by atoms with E-state index in [4.69, 9.17) is 4.74 Å². The van der Waals surface area contributed by atoms with Gasteiger partial charge in [-0.05, 0) is 73.5 Å². The van der Waals surface area contributed by atoms with Crippen LogP contribution in [0.2, 0.25) is 0 Å². The van der Waals surface area contributed by atoms with Crippen LogP contribution in [-0.2, 0) is 6.54 Å². The van der Waals surface area contributed by atoms with Crippen LogP contribution >= 0.6 is 0 Å². The molecule has 1 aromatic heterocycles. The van der Waals surface area contributed by atoms with Gasteiger partial charge < -0.3 is 14.8 Å². The highest BCUT2D eigenvalue weighted by Crippen LogP contribution is 2.45. The predicted molar refractivity (Wildman–Crippen MR) is 126 cm³/mol. The van der Waals surface area contributed by atoms with E-state index in [2.05, 4.69) is 28.9 Å². The van der Waals surface area contributed by atoms with Crippen molar-refractivity contribution in [3.63, 3.8) is 0 Å². The molecular formula is C27H32N2O3. The Kier molecular flexibility index (Phi) is 5.68. The van der Waals surface area contributed by atoms with Gasteiger partial charge in [0.1, 0.15) is 5.75 Å². The number of hydrogen-bond acceptors (Lipinski definition) is 3. The van der Waals surface area contributed by atoms with Crippen LogP contribution in [0.15, 0.2) is 42.6 Å². The maximum absolute atomic E-state index is 11.4. The van der Waals surface area contributed by atoms with Crippen LogP contribution in [0.25, 0.3) is 10.9 Å². The van der Waals surface area contributed by atoms with Crippen molar-refractivity contribution in [3.05, 3.63) is 64.8 Å². The number of nitrogens with zero attached hydrogens (tertiary/aromatic N) is 1. The highest BCUT2D eigenvalue weighted by molar-refractivity contribution is 5.88. The summed E-state index contributed by atoms with van der Waals surface area (Å²) in [4.78, 5) is 17.3. The SMILES string of the molecule is COc1cc(C)c2[nH]ccc2c1CN1CCC(C2CCC2)CC1c1ccc(C(=O)O)cc1. The third kappa shape index (κ3) is 3.79. The first-order valence-corrected chi connectivity index (χ1v) is 11.8. The summed E-state index contributed by atoms with van der Waals surface area (Å²) < 4.78 is 5.81. The zero-order valence-electron chi connectivity index (χ0n) is 18.9. The van der Waals surface area contributed by atoms with Crippen LogP contribution in [0, 0.1) is 18.8 Å². The lowest BCUT2D eigenvalue weighted by Gasteiger charge is -2.45. The summed E-state index contributed by atoms with van der Waals surface area (Å²) in [6, 6.07) is 12.1. The molecule has 0 bridgehead atoms. The number of H-pyrrole nitrogens is 1. The lowest BCUT2D eigenvalue weighted by molar-refractivity contribution is 0.0555. The third-order valence-corrected chi connectivity index (χ3v) is 7.81. The Morgan fingerprint density at radius 2 is 1.94 bits per heavy atom. The maximum Gasteiger partial charge on any atom is 0.335 e. The molecule has 5 rings (SSSR count). The number of aryl methyl sites for hydroxylation is 1. The third-order valence-electron chi connectivity index (χ3n) is 7.81. The van der Waals surface area contributed by atoms with Gasteiger partial charge in [0.05, 0.1) is 12.7 Å². The molecular weight excluding hydrogens is 400 g/mol. The van der Waals surface area contributed by atoms with Gasteiger partial charge in [-0.25, -0.2) is 4.79 Å². The number of fused-ring (bicyclic) bond motifs is 1. The molecule has 32 heavy (non-hydrogen) atoms. The summed E-state index contributed by atoms with van der Waals surface area (Å²) in [5.74, 6) is 1.69. The number of nitrogens with one attached hydrogen (secondary N) is 1. The standard InChI is InChI=1S/C27H32N2O3/c1-17-14-25(32-2)23(22-10-12-28-26(17)22)16-29-13-11-21(18-4-3-5-18)15-24(29)19-6-8-20(9-7-19)27(30)31/h6-10,12,14,18,21,24,28H,3-5,11,13,15-16H2,1-2H3,(H,30,31). The lowest BCUT2D eigenvalue weighted by Crippen LogP contribution is -2.39. The second kappa shape index (κ2) is 8.62. The fourth-order valence-corrected chi connectivity index (χ4v) is 5.75. The van der Waals surface area contributed by atoms with E-state index >= 15 is 0 Å². The number of carboxylic acid groups (broad SMARTS) is 1. The molecule has 0 radical (unpaired) electrons. The van der Waals surface area contributed by atoms with E-state index < -0.39 is 5.97 Å². The molecule has 2 aromatic carbocycles. The summed E-state index contributed by atoms with van der Waals surface area (Å²) in [7, 11) is 1.75. The fourth-order valence-electron chi connectivity index (χ4n) is 5.75. The highest BCUT2D eigenvalue weighted by atomic mass is 16.5. The molecule has 1 saturated heterocycles. The van der Waals surface area contributed by atoms with Gasteiger partial charge in [-0.3, -0.25) is 4.90 Å². The van der Waals surface area contributed by atoms with E-state index in [0.717, 1.165) is 37.1 Å². The largest absolute Gasteiger partial charge is 0.496 e. The van der Waals surface area contributed by atoms with E-state index in [-0.39, 0.29) is 6.04 Å². The summed E-state index contributed by atoms with van der Waals surface area (Å²) in [5, 5.41) is 10.5. The number of aromatic amines is 1. The van der Waals surface area contributed by atoms with Crippen LogP contribution in [0.1, 0.15) is 65.2 Å².